The van der Waals surface area contributed by atoms with Crippen molar-refractivity contribution in [2.24, 2.45) is 0 Å². The van der Waals surface area contributed by atoms with Crippen molar-refractivity contribution in [3.63, 3.8) is 0 Å². The van der Waals surface area contributed by atoms with Crippen LogP contribution in [0.25, 0.3) is 23.0 Å². The van der Waals surface area contributed by atoms with Crippen LogP contribution in [0.5, 0.6) is 11.6 Å². The van der Waals surface area contributed by atoms with Crippen molar-refractivity contribution in [2.45, 2.75) is 6.92 Å². The fraction of sp³-hybridized carbons (Fsp3) is 0.143. The van der Waals surface area contributed by atoms with E-state index in [0.29, 0.717) is 23.0 Å². The van der Waals surface area contributed by atoms with Crippen LogP contribution in [0.4, 0.5) is 0 Å². The lowest BCUT2D eigenvalue weighted by Gasteiger charge is -1.99. The summed E-state index contributed by atoms with van der Waals surface area (Å²) in [4.78, 5) is 4.22. The van der Waals surface area contributed by atoms with E-state index in [1.54, 1.807) is 24.3 Å². The summed E-state index contributed by atoms with van der Waals surface area (Å²) >= 11 is 0. The maximum atomic E-state index is 9.92. The first-order valence-corrected chi connectivity index (χ1v) is 6.19. The molecule has 0 radical (unpaired) electrons. The van der Waals surface area contributed by atoms with Crippen molar-refractivity contribution in [3.05, 3.63) is 35.9 Å². The van der Waals surface area contributed by atoms with Gasteiger partial charge in [-0.05, 0) is 30.7 Å². The Bertz CT molecular complexity index is 768. The van der Waals surface area contributed by atoms with Gasteiger partial charge in [0, 0.05) is 6.07 Å². The van der Waals surface area contributed by atoms with Gasteiger partial charge < -0.3 is 14.4 Å². The van der Waals surface area contributed by atoms with Crippen LogP contribution in [-0.2, 0) is 0 Å². The summed E-state index contributed by atoms with van der Waals surface area (Å²) in [5, 5.41) is 21.5. The van der Waals surface area contributed by atoms with Gasteiger partial charge in [-0.25, -0.2) is 0 Å². The van der Waals surface area contributed by atoms with Gasteiger partial charge in [0.2, 0.25) is 11.7 Å². The zero-order chi connectivity index (χ0) is 14.8. The van der Waals surface area contributed by atoms with E-state index in [0.717, 1.165) is 5.56 Å². The van der Waals surface area contributed by atoms with Crippen molar-refractivity contribution < 1.29 is 14.4 Å². The Morgan fingerprint density at radius 3 is 2.67 bits per heavy atom. The van der Waals surface area contributed by atoms with Crippen LogP contribution >= 0.6 is 0 Å². The molecule has 7 nitrogen and oxygen atoms in total. The van der Waals surface area contributed by atoms with E-state index < -0.39 is 0 Å². The molecule has 0 amide bonds. The van der Waals surface area contributed by atoms with E-state index in [9.17, 15) is 5.11 Å². The molecule has 1 N–H and O–H groups in total. The number of aromatic nitrogens is 4. The average Bonchev–Trinajstić information content (AvgIpc) is 2.97. The van der Waals surface area contributed by atoms with Crippen molar-refractivity contribution in [1.82, 2.24) is 20.3 Å². The minimum atomic E-state index is 0.0889. The van der Waals surface area contributed by atoms with E-state index in [1.807, 2.05) is 13.0 Å². The van der Waals surface area contributed by atoms with Crippen LogP contribution in [0, 0.1) is 6.92 Å². The van der Waals surface area contributed by atoms with Gasteiger partial charge in [0.25, 0.3) is 5.89 Å². The van der Waals surface area contributed by atoms with Crippen LogP contribution in [0.2, 0.25) is 0 Å². The second kappa shape index (κ2) is 5.20. The Morgan fingerprint density at radius 1 is 1.14 bits per heavy atom. The predicted octanol–water partition coefficient (Wildman–Crippen LogP) is 2.22. The molecule has 0 saturated carbocycles. The summed E-state index contributed by atoms with van der Waals surface area (Å²) in [6, 6.07) is 8.54. The molecule has 0 atom stereocenters. The van der Waals surface area contributed by atoms with Crippen LogP contribution in [0.15, 0.2) is 34.9 Å². The second-order valence-electron chi connectivity index (χ2n) is 4.40. The van der Waals surface area contributed by atoms with Crippen molar-refractivity contribution in [2.75, 3.05) is 7.11 Å². The van der Waals surface area contributed by atoms with Crippen molar-refractivity contribution >= 4 is 0 Å². The Labute approximate surface area is 120 Å². The quantitative estimate of drug-likeness (QED) is 0.787. The number of rotatable bonds is 3. The number of phenols is 1. The monoisotopic (exact) mass is 284 g/mol. The first-order valence-electron chi connectivity index (χ1n) is 6.19. The lowest BCUT2D eigenvalue weighted by Crippen LogP contribution is -1.93. The molecule has 1 aromatic carbocycles. The van der Waals surface area contributed by atoms with Gasteiger partial charge in [0.15, 0.2) is 0 Å². The molecule has 0 aliphatic rings. The fourth-order valence-electron chi connectivity index (χ4n) is 1.81. The maximum absolute atomic E-state index is 9.92. The third kappa shape index (κ3) is 2.53. The Balaban J connectivity index is 1.95. The van der Waals surface area contributed by atoms with Gasteiger partial charge in [0.05, 0.1) is 12.7 Å². The van der Waals surface area contributed by atoms with E-state index in [2.05, 4.69) is 20.3 Å². The Kier molecular flexibility index (Phi) is 3.23. The van der Waals surface area contributed by atoms with E-state index in [4.69, 9.17) is 9.26 Å². The number of benzene rings is 1. The van der Waals surface area contributed by atoms with Gasteiger partial charge in [-0.3, -0.25) is 0 Å². The van der Waals surface area contributed by atoms with Crippen LogP contribution in [-0.4, -0.2) is 32.6 Å². The molecule has 0 fully saturated rings. The van der Waals surface area contributed by atoms with Gasteiger partial charge >= 0.3 is 0 Å². The average molecular weight is 284 g/mol. The third-order valence-corrected chi connectivity index (χ3v) is 2.89. The number of hydrogen-bond donors (Lipinski definition) is 1. The fourth-order valence-corrected chi connectivity index (χ4v) is 1.81. The highest BCUT2D eigenvalue weighted by Gasteiger charge is 2.15. The normalized spacial score (nSPS) is 10.6. The highest BCUT2D eigenvalue weighted by Crippen LogP contribution is 2.29. The largest absolute Gasteiger partial charge is 0.507 e. The van der Waals surface area contributed by atoms with Gasteiger partial charge in [-0.2, -0.15) is 4.98 Å². The summed E-state index contributed by atoms with van der Waals surface area (Å²) in [5.41, 5.74) is 1.87. The standard InChI is InChI=1S/C14H12N4O3/c1-8-3-4-9(11(19)7-8)14-15-13(18-21-14)10-5-6-12(20-2)17-16-10/h3-7,19H,1-2H3. The molecule has 3 rings (SSSR count). The van der Waals surface area contributed by atoms with Gasteiger partial charge in [0.1, 0.15) is 11.4 Å². The number of aryl methyl sites for hydroxylation is 1. The van der Waals surface area contributed by atoms with E-state index in [1.165, 1.54) is 7.11 Å². The number of aromatic hydroxyl groups is 1. The number of phenolic OH excluding ortho intramolecular Hbond substituents is 1. The van der Waals surface area contributed by atoms with Gasteiger partial charge in [-0.1, -0.05) is 11.2 Å². The Hall–Kier alpha value is -2.96. The molecular weight excluding hydrogens is 272 g/mol. The predicted molar refractivity (Wildman–Crippen MR) is 73.7 cm³/mol. The first kappa shape index (κ1) is 13.0. The number of ether oxygens (including phenoxy) is 1. The molecule has 0 spiro atoms. The molecule has 0 saturated heterocycles. The summed E-state index contributed by atoms with van der Waals surface area (Å²) in [6.45, 7) is 1.88. The molecule has 0 aliphatic heterocycles. The summed E-state index contributed by atoms with van der Waals surface area (Å²) in [6.07, 6.45) is 0. The first-order chi connectivity index (χ1) is 10.2. The van der Waals surface area contributed by atoms with Crippen LogP contribution < -0.4 is 4.74 Å². The molecule has 0 aliphatic carbocycles. The lowest BCUT2D eigenvalue weighted by atomic mass is 10.1. The number of methoxy groups -OCH3 is 1. The maximum Gasteiger partial charge on any atom is 0.262 e. The van der Waals surface area contributed by atoms with Gasteiger partial charge in [-0.15, -0.1) is 10.2 Å². The third-order valence-electron chi connectivity index (χ3n) is 2.89. The number of hydrogen-bond acceptors (Lipinski definition) is 7. The van der Waals surface area contributed by atoms with E-state index in [-0.39, 0.29) is 11.6 Å². The zero-order valence-electron chi connectivity index (χ0n) is 11.4. The number of nitrogens with zero attached hydrogens (tertiary/aromatic N) is 4. The molecule has 2 aromatic heterocycles. The summed E-state index contributed by atoms with van der Waals surface area (Å²) in [7, 11) is 1.51. The molecule has 0 bridgehead atoms. The van der Waals surface area contributed by atoms with Crippen LogP contribution in [0.1, 0.15) is 5.56 Å². The zero-order valence-corrected chi connectivity index (χ0v) is 11.4. The molecule has 21 heavy (non-hydrogen) atoms. The van der Waals surface area contributed by atoms with Crippen LogP contribution in [0.3, 0.4) is 0 Å². The van der Waals surface area contributed by atoms with Crippen molar-refractivity contribution in [3.8, 4) is 34.6 Å². The topological polar surface area (TPSA) is 94.2 Å². The SMILES string of the molecule is COc1ccc(-c2noc(-c3ccc(C)cc3O)n2)nn1. The molecular formula is C14H12N4O3. The molecule has 7 heteroatoms. The minimum absolute atomic E-state index is 0.0889. The molecule has 0 unspecified atom stereocenters. The summed E-state index contributed by atoms with van der Waals surface area (Å²) < 4.78 is 10.1. The van der Waals surface area contributed by atoms with E-state index >= 15 is 0 Å². The lowest BCUT2D eigenvalue weighted by molar-refractivity contribution is 0.392. The highest BCUT2D eigenvalue weighted by atomic mass is 16.5. The minimum Gasteiger partial charge on any atom is -0.507 e. The molecule has 2 heterocycles. The molecule has 3 aromatic rings. The second-order valence-corrected chi connectivity index (χ2v) is 4.40. The smallest absolute Gasteiger partial charge is 0.262 e. The molecule has 106 valence electrons. The Morgan fingerprint density at radius 2 is 2.00 bits per heavy atom. The summed E-state index contributed by atoms with van der Waals surface area (Å²) in [5.74, 6) is 1.00. The highest BCUT2D eigenvalue weighted by molar-refractivity contribution is 5.64. The van der Waals surface area contributed by atoms with Crippen molar-refractivity contribution in [1.29, 1.82) is 0 Å².